The van der Waals surface area contributed by atoms with Crippen LogP contribution < -0.4 is 10.6 Å². The maximum absolute atomic E-state index is 11.9. The monoisotopic (exact) mass is 357 g/mol. The number of hydrogen-bond acceptors (Lipinski definition) is 5. The molecule has 0 saturated heterocycles. The van der Waals surface area contributed by atoms with Gasteiger partial charge in [0.2, 0.25) is 5.91 Å². The number of carbonyl (C=O) groups is 2. The molecule has 0 aliphatic rings. The van der Waals surface area contributed by atoms with Crippen molar-refractivity contribution in [2.75, 3.05) is 6.67 Å². The number of hydrogen-bond donors (Lipinski definition) is 3. The highest BCUT2D eigenvalue weighted by Crippen LogP contribution is 2.13. The highest BCUT2D eigenvalue weighted by Gasteiger charge is 2.18. The Morgan fingerprint density at radius 3 is 2.27 bits per heavy atom. The van der Waals surface area contributed by atoms with Gasteiger partial charge in [0.1, 0.15) is 6.04 Å². The Bertz CT molecular complexity index is 762. The van der Waals surface area contributed by atoms with Crippen LogP contribution in [0.25, 0.3) is 0 Å². The molecule has 2 aromatic rings. The molecule has 3 N–H and O–H groups in total. The molecular weight excluding hydrogens is 338 g/mol. The molecule has 0 fully saturated rings. The van der Waals surface area contributed by atoms with Gasteiger partial charge in [-0.15, -0.1) is 0 Å². The van der Waals surface area contributed by atoms with E-state index >= 15 is 0 Å². The highest BCUT2D eigenvalue weighted by molar-refractivity contribution is 5.78. The summed E-state index contributed by atoms with van der Waals surface area (Å²) in [6.45, 7) is 0.00954. The number of rotatable bonds is 9. The lowest BCUT2D eigenvalue weighted by Gasteiger charge is -2.15. The molecule has 8 heteroatoms. The van der Waals surface area contributed by atoms with Crippen molar-refractivity contribution in [2.24, 2.45) is 0 Å². The maximum Gasteiger partial charge on any atom is 0.321 e. The van der Waals surface area contributed by atoms with E-state index in [0.29, 0.717) is 5.56 Å². The molecule has 2 aromatic carbocycles. The normalized spacial score (nSPS) is 11.5. The summed E-state index contributed by atoms with van der Waals surface area (Å²) in [4.78, 5) is 33.3. The molecule has 0 heterocycles. The smallest absolute Gasteiger partial charge is 0.321 e. The number of nitrogens with one attached hydrogen (secondary N) is 2. The first-order valence-corrected chi connectivity index (χ1v) is 7.96. The van der Waals surface area contributed by atoms with Crippen molar-refractivity contribution in [1.29, 1.82) is 0 Å². The number of benzene rings is 2. The summed E-state index contributed by atoms with van der Waals surface area (Å²) in [5, 5.41) is 25.3. The molecule has 1 amide bonds. The van der Waals surface area contributed by atoms with Crippen molar-refractivity contribution in [3.8, 4) is 0 Å². The standard InChI is InChI=1S/C18H19N3O5/c22-17(11-13-4-2-1-3-5-13)20-12-19-16(18(23)24)10-14-6-8-15(9-7-14)21(25)26/h1-9,16,19H,10-12H2,(H,20,22)(H,23,24). The van der Waals surface area contributed by atoms with Gasteiger partial charge in [-0.2, -0.15) is 0 Å². The van der Waals surface area contributed by atoms with Crippen molar-refractivity contribution >= 4 is 17.6 Å². The zero-order chi connectivity index (χ0) is 18.9. The van der Waals surface area contributed by atoms with E-state index in [1.807, 2.05) is 30.3 Å². The van der Waals surface area contributed by atoms with Crippen molar-refractivity contribution in [3.05, 3.63) is 75.8 Å². The first-order valence-electron chi connectivity index (χ1n) is 7.96. The molecule has 26 heavy (non-hydrogen) atoms. The summed E-state index contributed by atoms with van der Waals surface area (Å²) in [6.07, 6.45) is 0.352. The molecule has 136 valence electrons. The van der Waals surface area contributed by atoms with Gasteiger partial charge >= 0.3 is 5.97 Å². The lowest BCUT2D eigenvalue weighted by molar-refractivity contribution is -0.384. The Kier molecular flexibility index (Phi) is 6.81. The number of nitro benzene ring substituents is 1. The topological polar surface area (TPSA) is 122 Å². The van der Waals surface area contributed by atoms with E-state index in [1.54, 1.807) is 0 Å². The average Bonchev–Trinajstić information content (AvgIpc) is 2.62. The van der Waals surface area contributed by atoms with Gasteiger partial charge in [0.15, 0.2) is 0 Å². The zero-order valence-corrected chi connectivity index (χ0v) is 13.9. The van der Waals surface area contributed by atoms with Gasteiger partial charge in [0.05, 0.1) is 18.0 Å². The summed E-state index contributed by atoms with van der Waals surface area (Å²) < 4.78 is 0. The second-order valence-electron chi connectivity index (χ2n) is 5.66. The quantitative estimate of drug-likeness (QED) is 0.355. The fourth-order valence-corrected chi connectivity index (χ4v) is 2.35. The summed E-state index contributed by atoms with van der Waals surface area (Å²) in [6, 6.07) is 14.0. The van der Waals surface area contributed by atoms with Gasteiger partial charge in [-0.3, -0.25) is 25.0 Å². The maximum atomic E-state index is 11.9. The number of carboxylic acid groups (broad SMARTS) is 1. The Morgan fingerprint density at radius 2 is 1.69 bits per heavy atom. The fraction of sp³-hybridized carbons (Fsp3) is 0.222. The van der Waals surface area contributed by atoms with Gasteiger partial charge in [0, 0.05) is 12.1 Å². The predicted octanol–water partition coefficient (Wildman–Crippen LogP) is 1.50. The Balaban J connectivity index is 1.83. The number of aliphatic carboxylic acids is 1. The van der Waals surface area contributed by atoms with E-state index in [1.165, 1.54) is 24.3 Å². The van der Waals surface area contributed by atoms with E-state index in [0.717, 1.165) is 5.56 Å². The summed E-state index contributed by atoms with van der Waals surface area (Å²) in [7, 11) is 0. The van der Waals surface area contributed by atoms with Crippen LogP contribution >= 0.6 is 0 Å². The van der Waals surface area contributed by atoms with E-state index in [-0.39, 0.29) is 31.1 Å². The Labute approximate surface area is 150 Å². The minimum Gasteiger partial charge on any atom is -0.480 e. The van der Waals surface area contributed by atoms with Crippen molar-refractivity contribution in [3.63, 3.8) is 0 Å². The van der Waals surface area contributed by atoms with Crippen LogP contribution in [-0.2, 0) is 22.4 Å². The van der Waals surface area contributed by atoms with Crippen molar-refractivity contribution in [1.82, 2.24) is 10.6 Å². The van der Waals surface area contributed by atoms with Gasteiger partial charge in [-0.1, -0.05) is 42.5 Å². The number of amides is 1. The molecule has 2 rings (SSSR count). The van der Waals surface area contributed by atoms with Crippen LogP contribution in [-0.4, -0.2) is 34.6 Å². The van der Waals surface area contributed by atoms with Crippen molar-refractivity contribution in [2.45, 2.75) is 18.9 Å². The zero-order valence-electron chi connectivity index (χ0n) is 13.9. The summed E-state index contributed by atoms with van der Waals surface area (Å²) in [5.41, 5.74) is 1.46. The first kappa shape index (κ1) is 19.1. The third kappa shape index (κ3) is 5.99. The predicted molar refractivity (Wildman–Crippen MR) is 94.5 cm³/mol. The molecule has 0 aliphatic heterocycles. The first-order chi connectivity index (χ1) is 12.5. The molecule has 0 aromatic heterocycles. The van der Waals surface area contributed by atoms with Crippen LogP contribution in [0.5, 0.6) is 0 Å². The average molecular weight is 357 g/mol. The molecule has 8 nitrogen and oxygen atoms in total. The summed E-state index contributed by atoms with van der Waals surface area (Å²) >= 11 is 0. The van der Waals surface area contributed by atoms with Crippen LogP contribution in [0.4, 0.5) is 5.69 Å². The molecule has 1 atom stereocenters. The SMILES string of the molecule is O=C(Cc1ccccc1)NCNC(Cc1ccc([N+](=O)[O-])cc1)C(=O)O. The highest BCUT2D eigenvalue weighted by atomic mass is 16.6. The van der Waals surface area contributed by atoms with E-state index in [2.05, 4.69) is 10.6 Å². The van der Waals surface area contributed by atoms with Crippen LogP contribution in [0, 0.1) is 10.1 Å². The van der Waals surface area contributed by atoms with E-state index in [9.17, 15) is 24.8 Å². The van der Waals surface area contributed by atoms with Gasteiger partial charge in [-0.25, -0.2) is 0 Å². The molecular formula is C18H19N3O5. The number of nitrogens with zero attached hydrogens (tertiary/aromatic N) is 1. The minimum atomic E-state index is -1.07. The van der Waals surface area contributed by atoms with Gasteiger partial charge in [0.25, 0.3) is 5.69 Å². The van der Waals surface area contributed by atoms with Crippen LogP contribution in [0.1, 0.15) is 11.1 Å². The Morgan fingerprint density at radius 1 is 1.04 bits per heavy atom. The largest absolute Gasteiger partial charge is 0.480 e. The second-order valence-corrected chi connectivity index (χ2v) is 5.66. The van der Waals surface area contributed by atoms with E-state index in [4.69, 9.17) is 0 Å². The lowest BCUT2D eigenvalue weighted by atomic mass is 10.1. The summed E-state index contributed by atoms with van der Waals surface area (Å²) in [5.74, 6) is -1.29. The number of non-ortho nitro benzene ring substituents is 1. The van der Waals surface area contributed by atoms with Gasteiger partial charge in [-0.05, 0) is 17.5 Å². The molecule has 0 spiro atoms. The lowest BCUT2D eigenvalue weighted by Crippen LogP contribution is -2.45. The molecule has 1 unspecified atom stereocenters. The van der Waals surface area contributed by atoms with Crippen LogP contribution in [0.3, 0.4) is 0 Å². The van der Waals surface area contributed by atoms with Crippen LogP contribution in [0.2, 0.25) is 0 Å². The van der Waals surface area contributed by atoms with Crippen molar-refractivity contribution < 1.29 is 19.6 Å². The molecule has 0 aliphatic carbocycles. The molecule has 0 radical (unpaired) electrons. The number of carbonyl (C=O) groups excluding carboxylic acids is 1. The number of carboxylic acids is 1. The third-order valence-corrected chi connectivity index (χ3v) is 3.73. The molecule has 0 saturated carbocycles. The van der Waals surface area contributed by atoms with Gasteiger partial charge < -0.3 is 10.4 Å². The Hall–Kier alpha value is -3.26. The van der Waals surface area contributed by atoms with E-state index < -0.39 is 16.9 Å². The van der Waals surface area contributed by atoms with Crippen LogP contribution in [0.15, 0.2) is 54.6 Å². The minimum absolute atomic E-state index is 0.00954. The second kappa shape index (κ2) is 9.28. The number of nitro groups is 1. The third-order valence-electron chi connectivity index (χ3n) is 3.73. The fourth-order valence-electron chi connectivity index (χ4n) is 2.35. The molecule has 0 bridgehead atoms.